The van der Waals surface area contributed by atoms with E-state index in [9.17, 15) is 4.79 Å². The van der Waals surface area contributed by atoms with Crippen LogP contribution in [0.1, 0.15) is 49.2 Å². The number of esters is 1. The number of methoxy groups -OCH3 is 1. The lowest BCUT2D eigenvalue weighted by Gasteiger charge is -2.22. The van der Waals surface area contributed by atoms with E-state index in [4.69, 9.17) is 10.5 Å². The summed E-state index contributed by atoms with van der Waals surface area (Å²) >= 11 is 1.19. The van der Waals surface area contributed by atoms with E-state index in [1.807, 2.05) is 0 Å². The molecule has 0 unspecified atom stereocenters. The normalized spacial score (nSPS) is 10.5. The SMILES string of the molecule is CCCCN(CCCC)c1nc(N)sc1C(=O)OC. The zero-order valence-electron chi connectivity index (χ0n) is 11.9. The Labute approximate surface area is 118 Å². The van der Waals surface area contributed by atoms with Crippen molar-refractivity contribution in [3.05, 3.63) is 4.88 Å². The highest BCUT2D eigenvalue weighted by Gasteiger charge is 2.22. The van der Waals surface area contributed by atoms with E-state index in [2.05, 4.69) is 23.7 Å². The zero-order valence-corrected chi connectivity index (χ0v) is 12.8. The van der Waals surface area contributed by atoms with Crippen LogP contribution in [0.15, 0.2) is 0 Å². The highest BCUT2D eigenvalue weighted by Crippen LogP contribution is 2.29. The van der Waals surface area contributed by atoms with Gasteiger partial charge in [0.1, 0.15) is 0 Å². The highest BCUT2D eigenvalue weighted by atomic mass is 32.1. The number of nitrogens with two attached hydrogens (primary N) is 1. The van der Waals surface area contributed by atoms with Gasteiger partial charge in [-0.2, -0.15) is 0 Å². The Morgan fingerprint density at radius 1 is 1.32 bits per heavy atom. The maximum absolute atomic E-state index is 11.8. The topological polar surface area (TPSA) is 68.5 Å². The predicted octanol–water partition coefficient (Wildman–Crippen LogP) is 2.92. The number of hydrogen-bond donors (Lipinski definition) is 1. The lowest BCUT2D eigenvalue weighted by Crippen LogP contribution is -2.27. The Balaban J connectivity index is 2.95. The van der Waals surface area contributed by atoms with Crippen LogP contribution in [0.25, 0.3) is 0 Å². The van der Waals surface area contributed by atoms with Crippen molar-refractivity contribution in [2.45, 2.75) is 39.5 Å². The highest BCUT2D eigenvalue weighted by molar-refractivity contribution is 7.17. The van der Waals surface area contributed by atoms with Gasteiger partial charge in [0.2, 0.25) is 0 Å². The molecular formula is C13H23N3O2S. The van der Waals surface area contributed by atoms with E-state index in [1.54, 1.807) is 0 Å². The van der Waals surface area contributed by atoms with Crippen LogP contribution in [0, 0.1) is 0 Å². The lowest BCUT2D eigenvalue weighted by atomic mass is 10.2. The van der Waals surface area contributed by atoms with Gasteiger partial charge in [-0.25, -0.2) is 9.78 Å². The first kappa shape index (κ1) is 15.8. The van der Waals surface area contributed by atoms with Crippen LogP contribution in [-0.2, 0) is 4.74 Å². The van der Waals surface area contributed by atoms with Crippen LogP contribution in [0.4, 0.5) is 10.9 Å². The molecule has 0 fully saturated rings. The summed E-state index contributed by atoms with van der Waals surface area (Å²) in [6.45, 7) is 6.08. The van der Waals surface area contributed by atoms with Crippen molar-refractivity contribution in [1.82, 2.24) is 4.98 Å². The molecule has 1 rings (SSSR count). The molecular weight excluding hydrogens is 262 g/mol. The minimum absolute atomic E-state index is 0.359. The van der Waals surface area contributed by atoms with Crippen molar-refractivity contribution in [3.63, 3.8) is 0 Å². The number of carbonyl (C=O) groups is 1. The molecule has 0 atom stereocenters. The van der Waals surface area contributed by atoms with Crippen molar-refractivity contribution >= 4 is 28.3 Å². The molecule has 0 amide bonds. The number of hydrogen-bond acceptors (Lipinski definition) is 6. The predicted molar refractivity (Wildman–Crippen MR) is 79.9 cm³/mol. The monoisotopic (exact) mass is 285 g/mol. The van der Waals surface area contributed by atoms with E-state index in [0.29, 0.717) is 15.8 Å². The maximum atomic E-state index is 11.8. The summed E-state index contributed by atoms with van der Waals surface area (Å²) in [5.74, 6) is 0.318. The molecule has 0 aliphatic heterocycles. The van der Waals surface area contributed by atoms with Crippen molar-refractivity contribution in [1.29, 1.82) is 0 Å². The van der Waals surface area contributed by atoms with Crippen LogP contribution >= 0.6 is 11.3 Å². The van der Waals surface area contributed by atoms with E-state index in [0.717, 1.165) is 38.8 Å². The van der Waals surface area contributed by atoms with Crippen LogP contribution in [0.3, 0.4) is 0 Å². The van der Waals surface area contributed by atoms with Gasteiger partial charge < -0.3 is 15.4 Å². The van der Waals surface area contributed by atoms with E-state index < -0.39 is 0 Å². The minimum atomic E-state index is -0.359. The Bertz CT molecular complexity index is 399. The van der Waals surface area contributed by atoms with Gasteiger partial charge in [-0.05, 0) is 12.8 Å². The van der Waals surface area contributed by atoms with Gasteiger partial charge in [0.15, 0.2) is 15.8 Å². The average Bonchev–Trinajstić information content (AvgIpc) is 2.80. The molecule has 6 heteroatoms. The molecule has 1 heterocycles. The molecule has 19 heavy (non-hydrogen) atoms. The Morgan fingerprint density at radius 3 is 2.37 bits per heavy atom. The number of rotatable bonds is 8. The Kier molecular flexibility index (Phi) is 6.62. The summed E-state index contributed by atoms with van der Waals surface area (Å²) in [4.78, 5) is 18.7. The molecule has 0 aliphatic rings. The Hall–Kier alpha value is -1.30. The van der Waals surface area contributed by atoms with Gasteiger partial charge in [0.25, 0.3) is 0 Å². The van der Waals surface area contributed by atoms with Crippen LogP contribution in [-0.4, -0.2) is 31.2 Å². The number of nitrogens with zero attached hydrogens (tertiary/aromatic N) is 2. The van der Waals surface area contributed by atoms with E-state index in [1.165, 1.54) is 18.4 Å². The third-order valence-electron chi connectivity index (χ3n) is 2.86. The molecule has 0 aromatic carbocycles. The second-order valence-corrected chi connectivity index (χ2v) is 5.42. The number of carbonyl (C=O) groups excluding carboxylic acids is 1. The fourth-order valence-electron chi connectivity index (χ4n) is 1.79. The molecule has 0 saturated heterocycles. The molecule has 2 N–H and O–H groups in total. The summed E-state index contributed by atoms with van der Waals surface area (Å²) in [5.41, 5.74) is 5.74. The number of unbranched alkanes of at least 4 members (excludes halogenated alkanes) is 2. The molecule has 0 spiro atoms. The summed E-state index contributed by atoms with van der Waals surface area (Å²) in [6.07, 6.45) is 4.36. The molecule has 5 nitrogen and oxygen atoms in total. The molecule has 0 radical (unpaired) electrons. The third-order valence-corrected chi connectivity index (χ3v) is 3.71. The number of aromatic nitrogens is 1. The van der Waals surface area contributed by atoms with Gasteiger partial charge in [0.05, 0.1) is 7.11 Å². The Morgan fingerprint density at radius 2 is 1.89 bits per heavy atom. The molecule has 0 aliphatic carbocycles. The standard InChI is InChI=1S/C13H23N3O2S/c1-4-6-8-16(9-7-5-2)11-10(12(17)18-3)19-13(14)15-11/h4-9H2,1-3H3,(H2,14,15). The fraction of sp³-hybridized carbons (Fsp3) is 0.692. The summed E-state index contributed by atoms with van der Waals surface area (Å²) in [7, 11) is 1.38. The third kappa shape index (κ3) is 4.38. The maximum Gasteiger partial charge on any atom is 0.352 e. The van der Waals surface area contributed by atoms with E-state index in [-0.39, 0.29) is 5.97 Å². The van der Waals surface area contributed by atoms with Gasteiger partial charge in [-0.15, -0.1) is 0 Å². The largest absolute Gasteiger partial charge is 0.465 e. The first-order chi connectivity index (χ1) is 9.13. The van der Waals surface area contributed by atoms with Crippen molar-refractivity contribution in [2.24, 2.45) is 0 Å². The van der Waals surface area contributed by atoms with Crippen LogP contribution < -0.4 is 10.6 Å². The second-order valence-electron chi connectivity index (χ2n) is 4.39. The molecule has 0 bridgehead atoms. The fourth-order valence-corrected chi connectivity index (χ4v) is 2.56. The van der Waals surface area contributed by atoms with Gasteiger partial charge >= 0.3 is 5.97 Å². The molecule has 1 aromatic rings. The second kappa shape index (κ2) is 7.99. The first-order valence-electron chi connectivity index (χ1n) is 6.73. The number of thiazole rings is 1. The number of ether oxygens (including phenoxy) is 1. The quantitative estimate of drug-likeness (QED) is 0.744. The molecule has 1 aromatic heterocycles. The molecule has 0 saturated carbocycles. The average molecular weight is 285 g/mol. The van der Waals surface area contributed by atoms with Crippen molar-refractivity contribution in [3.8, 4) is 0 Å². The van der Waals surface area contributed by atoms with Crippen molar-refractivity contribution in [2.75, 3.05) is 30.8 Å². The summed E-state index contributed by atoms with van der Waals surface area (Å²) in [6, 6.07) is 0. The molecule has 108 valence electrons. The van der Waals surface area contributed by atoms with Gasteiger partial charge in [-0.1, -0.05) is 38.0 Å². The van der Waals surface area contributed by atoms with Gasteiger partial charge in [0, 0.05) is 13.1 Å². The van der Waals surface area contributed by atoms with Crippen molar-refractivity contribution < 1.29 is 9.53 Å². The van der Waals surface area contributed by atoms with Gasteiger partial charge in [-0.3, -0.25) is 0 Å². The number of anilines is 2. The smallest absolute Gasteiger partial charge is 0.352 e. The first-order valence-corrected chi connectivity index (χ1v) is 7.55. The van der Waals surface area contributed by atoms with Crippen LogP contribution in [0.2, 0.25) is 0 Å². The number of nitrogen functional groups attached to an aromatic ring is 1. The van der Waals surface area contributed by atoms with E-state index >= 15 is 0 Å². The minimum Gasteiger partial charge on any atom is -0.465 e. The zero-order chi connectivity index (χ0) is 14.3. The summed E-state index contributed by atoms with van der Waals surface area (Å²) < 4.78 is 4.80. The van der Waals surface area contributed by atoms with Crippen LogP contribution in [0.5, 0.6) is 0 Å². The lowest BCUT2D eigenvalue weighted by molar-refractivity contribution is 0.0606. The summed E-state index contributed by atoms with van der Waals surface area (Å²) in [5, 5.41) is 0.411.